The predicted molar refractivity (Wildman–Crippen MR) is 70.3 cm³/mol. The van der Waals surface area contributed by atoms with Crippen molar-refractivity contribution < 1.29 is 14.6 Å². The van der Waals surface area contributed by atoms with Gasteiger partial charge in [-0.2, -0.15) is 0 Å². The fourth-order valence-electron chi connectivity index (χ4n) is 2.48. The van der Waals surface area contributed by atoms with E-state index in [-0.39, 0.29) is 5.92 Å². The number of carbonyl (C=O) groups is 1. The van der Waals surface area contributed by atoms with Crippen LogP contribution in [0.1, 0.15) is 18.4 Å². The monoisotopic (exact) mass is 249 g/mol. The Morgan fingerprint density at radius 2 is 2.06 bits per heavy atom. The van der Waals surface area contributed by atoms with Crippen LogP contribution < -0.4 is 9.64 Å². The largest absolute Gasteiger partial charge is 0.497 e. The van der Waals surface area contributed by atoms with Gasteiger partial charge in [-0.3, -0.25) is 4.79 Å². The van der Waals surface area contributed by atoms with Crippen LogP contribution in [0.4, 0.5) is 5.69 Å². The Labute approximate surface area is 107 Å². The molecule has 1 aliphatic rings. The zero-order valence-electron chi connectivity index (χ0n) is 10.8. The Hall–Kier alpha value is -1.71. The van der Waals surface area contributed by atoms with Crippen LogP contribution in [0, 0.1) is 12.8 Å². The van der Waals surface area contributed by atoms with Crippen LogP contribution in [0.2, 0.25) is 0 Å². The summed E-state index contributed by atoms with van der Waals surface area (Å²) in [6.07, 6.45) is 1.45. The van der Waals surface area contributed by atoms with Gasteiger partial charge < -0.3 is 14.7 Å². The summed E-state index contributed by atoms with van der Waals surface area (Å²) >= 11 is 0. The first kappa shape index (κ1) is 12.7. The smallest absolute Gasteiger partial charge is 0.306 e. The topological polar surface area (TPSA) is 49.8 Å². The Balaban J connectivity index is 2.07. The second-order valence-electron chi connectivity index (χ2n) is 4.75. The molecule has 0 saturated carbocycles. The van der Waals surface area contributed by atoms with Gasteiger partial charge in [0.05, 0.1) is 13.0 Å². The van der Waals surface area contributed by atoms with Crippen molar-refractivity contribution in [2.45, 2.75) is 19.8 Å². The zero-order valence-corrected chi connectivity index (χ0v) is 10.8. The number of ether oxygens (including phenoxy) is 1. The van der Waals surface area contributed by atoms with Crippen LogP contribution in [0.25, 0.3) is 0 Å². The molecule has 0 bridgehead atoms. The highest BCUT2D eigenvalue weighted by molar-refractivity contribution is 5.70. The summed E-state index contributed by atoms with van der Waals surface area (Å²) in [4.78, 5) is 13.2. The number of piperidine rings is 1. The van der Waals surface area contributed by atoms with Gasteiger partial charge in [-0.25, -0.2) is 0 Å². The minimum atomic E-state index is -0.666. The molecule has 0 amide bonds. The number of rotatable bonds is 3. The third kappa shape index (κ3) is 2.58. The van der Waals surface area contributed by atoms with Crippen molar-refractivity contribution in [3.63, 3.8) is 0 Å². The molecule has 1 N–H and O–H groups in total. The Bertz CT molecular complexity index is 437. The van der Waals surface area contributed by atoms with E-state index in [2.05, 4.69) is 17.9 Å². The fourth-order valence-corrected chi connectivity index (χ4v) is 2.48. The lowest BCUT2D eigenvalue weighted by molar-refractivity contribution is -0.142. The molecule has 1 aromatic carbocycles. The highest BCUT2D eigenvalue weighted by atomic mass is 16.5. The number of hydrogen-bond donors (Lipinski definition) is 1. The van der Waals surface area contributed by atoms with Gasteiger partial charge in [-0.05, 0) is 43.5 Å². The van der Waals surface area contributed by atoms with Crippen LogP contribution in [0.3, 0.4) is 0 Å². The van der Waals surface area contributed by atoms with Gasteiger partial charge >= 0.3 is 5.97 Å². The van der Waals surface area contributed by atoms with Gasteiger partial charge in [0.1, 0.15) is 5.75 Å². The number of benzene rings is 1. The van der Waals surface area contributed by atoms with Crippen molar-refractivity contribution in [3.05, 3.63) is 23.8 Å². The molecule has 1 fully saturated rings. The highest BCUT2D eigenvalue weighted by Gasteiger charge is 2.25. The van der Waals surface area contributed by atoms with E-state index in [0.717, 1.165) is 31.7 Å². The molecular formula is C14H19NO3. The number of aliphatic carboxylic acids is 1. The quantitative estimate of drug-likeness (QED) is 0.893. The minimum Gasteiger partial charge on any atom is -0.497 e. The van der Waals surface area contributed by atoms with Crippen molar-refractivity contribution in [2.75, 3.05) is 25.1 Å². The van der Waals surface area contributed by atoms with Crippen molar-refractivity contribution >= 4 is 11.7 Å². The molecule has 4 nitrogen and oxygen atoms in total. The zero-order chi connectivity index (χ0) is 13.1. The third-order valence-corrected chi connectivity index (χ3v) is 3.59. The molecular weight excluding hydrogens is 230 g/mol. The summed E-state index contributed by atoms with van der Waals surface area (Å²) in [5, 5.41) is 8.98. The van der Waals surface area contributed by atoms with E-state index in [1.54, 1.807) is 7.11 Å². The molecule has 2 rings (SSSR count). The van der Waals surface area contributed by atoms with Crippen LogP contribution >= 0.6 is 0 Å². The maximum absolute atomic E-state index is 10.9. The molecule has 0 unspecified atom stereocenters. The average Bonchev–Trinajstić information content (AvgIpc) is 2.38. The van der Waals surface area contributed by atoms with Gasteiger partial charge in [0.25, 0.3) is 0 Å². The van der Waals surface area contributed by atoms with Gasteiger partial charge in [0.2, 0.25) is 0 Å². The third-order valence-electron chi connectivity index (χ3n) is 3.59. The molecule has 0 aromatic heterocycles. The van der Waals surface area contributed by atoms with Crippen LogP contribution in [0.15, 0.2) is 18.2 Å². The molecule has 0 spiro atoms. The molecule has 98 valence electrons. The van der Waals surface area contributed by atoms with Gasteiger partial charge in [-0.15, -0.1) is 0 Å². The molecule has 1 aliphatic heterocycles. The normalized spacial score (nSPS) is 16.7. The first-order chi connectivity index (χ1) is 8.61. The second kappa shape index (κ2) is 5.29. The molecule has 0 atom stereocenters. The number of aryl methyl sites for hydroxylation is 1. The highest BCUT2D eigenvalue weighted by Crippen LogP contribution is 2.28. The van der Waals surface area contributed by atoms with Crippen LogP contribution in [0.5, 0.6) is 5.75 Å². The summed E-state index contributed by atoms with van der Waals surface area (Å²) in [5.74, 6) is 0.0116. The van der Waals surface area contributed by atoms with Crippen molar-refractivity contribution in [3.8, 4) is 5.75 Å². The molecule has 1 aromatic rings. The molecule has 4 heteroatoms. The minimum absolute atomic E-state index is 0.181. The summed E-state index contributed by atoms with van der Waals surface area (Å²) in [5.41, 5.74) is 2.35. The molecule has 0 aliphatic carbocycles. The summed E-state index contributed by atoms with van der Waals surface area (Å²) in [6, 6.07) is 6.01. The van der Waals surface area contributed by atoms with Crippen molar-refractivity contribution in [1.82, 2.24) is 0 Å². The summed E-state index contributed by atoms with van der Waals surface area (Å²) in [7, 11) is 1.66. The maximum atomic E-state index is 10.9. The molecule has 18 heavy (non-hydrogen) atoms. The SMILES string of the molecule is COc1ccc(N2CCC(C(=O)O)CC2)c(C)c1. The number of hydrogen-bond acceptors (Lipinski definition) is 3. The molecule has 1 saturated heterocycles. The lowest BCUT2D eigenvalue weighted by Crippen LogP contribution is -2.36. The van der Waals surface area contributed by atoms with E-state index in [4.69, 9.17) is 9.84 Å². The standard InChI is InChI=1S/C14H19NO3/c1-10-9-12(18-2)3-4-13(10)15-7-5-11(6-8-15)14(16)17/h3-4,9,11H,5-8H2,1-2H3,(H,16,17). The number of nitrogens with zero attached hydrogens (tertiary/aromatic N) is 1. The fraction of sp³-hybridized carbons (Fsp3) is 0.500. The van der Waals surface area contributed by atoms with E-state index < -0.39 is 5.97 Å². The van der Waals surface area contributed by atoms with Crippen LogP contribution in [-0.2, 0) is 4.79 Å². The first-order valence-corrected chi connectivity index (χ1v) is 6.24. The van der Waals surface area contributed by atoms with E-state index in [1.165, 1.54) is 11.3 Å². The number of anilines is 1. The van der Waals surface area contributed by atoms with Crippen LogP contribution in [-0.4, -0.2) is 31.3 Å². The van der Waals surface area contributed by atoms with Gasteiger partial charge in [0, 0.05) is 18.8 Å². The van der Waals surface area contributed by atoms with E-state index in [1.807, 2.05) is 12.1 Å². The second-order valence-corrected chi connectivity index (χ2v) is 4.75. The first-order valence-electron chi connectivity index (χ1n) is 6.24. The maximum Gasteiger partial charge on any atom is 0.306 e. The average molecular weight is 249 g/mol. The number of carboxylic acid groups (broad SMARTS) is 1. The van der Waals surface area contributed by atoms with Crippen molar-refractivity contribution in [2.24, 2.45) is 5.92 Å². The molecule has 0 radical (unpaired) electrons. The summed E-state index contributed by atoms with van der Waals surface area (Å²) in [6.45, 7) is 3.68. The lowest BCUT2D eigenvalue weighted by atomic mass is 9.96. The van der Waals surface area contributed by atoms with E-state index in [0.29, 0.717) is 0 Å². The predicted octanol–water partition coefficient (Wildman–Crippen LogP) is 2.30. The molecule has 1 heterocycles. The number of carboxylic acids is 1. The Morgan fingerprint density at radius 3 is 2.56 bits per heavy atom. The Kier molecular flexibility index (Phi) is 3.75. The van der Waals surface area contributed by atoms with Gasteiger partial charge in [0.15, 0.2) is 0 Å². The van der Waals surface area contributed by atoms with E-state index >= 15 is 0 Å². The Morgan fingerprint density at radius 1 is 1.39 bits per heavy atom. The summed E-state index contributed by atoms with van der Waals surface area (Å²) < 4.78 is 5.19. The van der Waals surface area contributed by atoms with Gasteiger partial charge in [-0.1, -0.05) is 0 Å². The lowest BCUT2D eigenvalue weighted by Gasteiger charge is -2.33. The van der Waals surface area contributed by atoms with Crippen molar-refractivity contribution in [1.29, 1.82) is 0 Å². The van der Waals surface area contributed by atoms with E-state index in [9.17, 15) is 4.79 Å². The number of methoxy groups -OCH3 is 1.